The summed E-state index contributed by atoms with van der Waals surface area (Å²) in [7, 11) is 0. The van der Waals surface area contributed by atoms with Crippen molar-refractivity contribution in [3.63, 3.8) is 0 Å². The molecule has 0 atom stereocenters. The second-order valence-corrected chi connectivity index (χ2v) is 5.33. The van der Waals surface area contributed by atoms with Crippen LogP contribution in [0.3, 0.4) is 0 Å². The van der Waals surface area contributed by atoms with Crippen molar-refractivity contribution in [1.29, 1.82) is 0 Å². The lowest BCUT2D eigenvalue weighted by atomic mass is 10.2. The summed E-state index contributed by atoms with van der Waals surface area (Å²) in [5.74, 6) is -0.451. The molecule has 0 unspecified atom stereocenters. The Morgan fingerprint density at radius 1 is 1.50 bits per heavy atom. The summed E-state index contributed by atoms with van der Waals surface area (Å²) in [5, 5.41) is 7.52. The van der Waals surface area contributed by atoms with Crippen LogP contribution in [0.2, 0.25) is 0 Å². The van der Waals surface area contributed by atoms with E-state index in [2.05, 4.69) is 48.7 Å². The fourth-order valence-corrected chi connectivity index (χ4v) is 2.20. The maximum Gasteiger partial charge on any atom is 0.396 e. The van der Waals surface area contributed by atoms with E-state index < -0.39 is 5.97 Å². The second kappa shape index (κ2) is 5.79. The normalized spacial score (nSPS) is 10.4. The molecule has 0 aliphatic heterocycles. The van der Waals surface area contributed by atoms with Crippen molar-refractivity contribution in [3.8, 4) is 11.5 Å². The Bertz CT molecular complexity index is 585. The van der Waals surface area contributed by atoms with Crippen LogP contribution < -0.4 is 0 Å². The first kappa shape index (κ1) is 13.5. The van der Waals surface area contributed by atoms with Crippen molar-refractivity contribution in [2.45, 2.75) is 6.92 Å². The van der Waals surface area contributed by atoms with E-state index in [0.29, 0.717) is 5.89 Å². The minimum absolute atomic E-state index is 0.136. The average Bonchev–Trinajstić information content (AvgIpc) is 2.82. The Balaban J connectivity index is 2.35. The van der Waals surface area contributed by atoms with E-state index >= 15 is 0 Å². The van der Waals surface area contributed by atoms with Crippen LogP contribution in [0, 0.1) is 3.57 Å². The third kappa shape index (κ3) is 2.89. The van der Waals surface area contributed by atoms with E-state index in [0.717, 1.165) is 13.6 Å². The van der Waals surface area contributed by atoms with Gasteiger partial charge in [-0.25, -0.2) is 4.79 Å². The maximum atomic E-state index is 11.4. The third-order valence-electron chi connectivity index (χ3n) is 2.03. The van der Waals surface area contributed by atoms with E-state index in [1.54, 1.807) is 6.92 Å². The van der Waals surface area contributed by atoms with Gasteiger partial charge in [-0.05, 0) is 47.7 Å². The summed E-state index contributed by atoms with van der Waals surface area (Å²) in [6.45, 7) is 1.98. The van der Waals surface area contributed by atoms with Gasteiger partial charge in [-0.3, -0.25) is 0 Å². The van der Waals surface area contributed by atoms with Gasteiger partial charge < -0.3 is 9.15 Å². The Labute approximate surface area is 125 Å². The predicted octanol–water partition coefficient (Wildman–Crippen LogP) is 3.28. The molecular formula is C11H8BrIN2O3. The number of esters is 1. The number of rotatable bonds is 3. The molecule has 0 N–H and O–H groups in total. The molecule has 1 aromatic carbocycles. The van der Waals surface area contributed by atoms with Gasteiger partial charge in [0.05, 0.1) is 12.2 Å². The van der Waals surface area contributed by atoms with Crippen molar-refractivity contribution < 1.29 is 13.9 Å². The van der Waals surface area contributed by atoms with Crippen LogP contribution in [0.25, 0.3) is 11.5 Å². The van der Waals surface area contributed by atoms with Gasteiger partial charge >= 0.3 is 11.9 Å². The zero-order chi connectivity index (χ0) is 13.1. The van der Waals surface area contributed by atoms with Gasteiger partial charge in [0.25, 0.3) is 0 Å². The number of benzene rings is 1. The van der Waals surface area contributed by atoms with Crippen LogP contribution in [0.15, 0.2) is 27.1 Å². The second-order valence-electron chi connectivity index (χ2n) is 3.26. The molecule has 0 bridgehead atoms. The number of hydrogen-bond acceptors (Lipinski definition) is 5. The molecule has 5 nitrogen and oxygen atoms in total. The van der Waals surface area contributed by atoms with Crippen LogP contribution in [0.5, 0.6) is 0 Å². The third-order valence-corrected chi connectivity index (χ3v) is 3.47. The van der Waals surface area contributed by atoms with E-state index in [1.807, 2.05) is 18.2 Å². The molecule has 7 heteroatoms. The highest BCUT2D eigenvalue weighted by atomic mass is 127. The molecule has 0 spiro atoms. The molecule has 1 aromatic heterocycles. The number of aromatic nitrogens is 2. The number of nitrogens with zero attached hydrogens (tertiary/aromatic N) is 2. The average molecular weight is 423 g/mol. The number of carbonyl (C=O) groups excluding carboxylic acids is 1. The standard InChI is InChI=1S/C11H8BrIN2O3/c1-2-17-11(16)10-15-14-9(18-10)7-5-6(12)3-4-8(7)13/h3-5H,2H2,1H3. The van der Waals surface area contributed by atoms with E-state index in [1.165, 1.54) is 0 Å². The van der Waals surface area contributed by atoms with Crippen molar-refractivity contribution in [2.75, 3.05) is 6.61 Å². The molecule has 0 saturated heterocycles. The summed E-state index contributed by atoms with van der Waals surface area (Å²) in [5.41, 5.74) is 0.771. The van der Waals surface area contributed by atoms with Crippen molar-refractivity contribution in [2.24, 2.45) is 0 Å². The van der Waals surface area contributed by atoms with E-state index in [-0.39, 0.29) is 12.5 Å². The molecule has 0 aliphatic rings. The van der Waals surface area contributed by atoms with Crippen LogP contribution >= 0.6 is 38.5 Å². The number of hydrogen-bond donors (Lipinski definition) is 0. The topological polar surface area (TPSA) is 65.2 Å². The van der Waals surface area contributed by atoms with E-state index in [4.69, 9.17) is 9.15 Å². The van der Waals surface area contributed by atoms with Crippen LogP contribution in [-0.2, 0) is 4.74 Å². The van der Waals surface area contributed by atoms with Crippen LogP contribution in [0.1, 0.15) is 17.6 Å². The number of halogens is 2. The number of carbonyl (C=O) groups is 1. The lowest BCUT2D eigenvalue weighted by Crippen LogP contribution is -2.04. The smallest absolute Gasteiger partial charge is 0.396 e. The lowest BCUT2D eigenvalue weighted by Gasteiger charge is -1.99. The highest BCUT2D eigenvalue weighted by molar-refractivity contribution is 14.1. The van der Waals surface area contributed by atoms with Crippen molar-refractivity contribution >= 4 is 44.5 Å². The van der Waals surface area contributed by atoms with Gasteiger partial charge in [0, 0.05) is 8.04 Å². The van der Waals surface area contributed by atoms with E-state index in [9.17, 15) is 4.79 Å². The largest absolute Gasteiger partial charge is 0.459 e. The van der Waals surface area contributed by atoms with Crippen molar-refractivity contribution in [3.05, 3.63) is 32.1 Å². The quantitative estimate of drug-likeness (QED) is 0.561. The Morgan fingerprint density at radius 3 is 3.00 bits per heavy atom. The molecule has 0 amide bonds. The summed E-state index contributed by atoms with van der Waals surface area (Å²) in [6, 6.07) is 5.67. The first-order valence-electron chi connectivity index (χ1n) is 5.08. The zero-order valence-electron chi connectivity index (χ0n) is 9.31. The first-order valence-corrected chi connectivity index (χ1v) is 6.95. The highest BCUT2D eigenvalue weighted by Gasteiger charge is 2.18. The molecule has 0 radical (unpaired) electrons. The summed E-state index contributed by atoms with van der Waals surface area (Å²) in [4.78, 5) is 11.4. The molecule has 0 aliphatic carbocycles. The monoisotopic (exact) mass is 422 g/mol. The Hall–Kier alpha value is -0.960. The number of ether oxygens (including phenoxy) is 1. The summed E-state index contributed by atoms with van der Waals surface area (Å²) in [6.07, 6.45) is 0. The first-order chi connectivity index (χ1) is 8.61. The molecule has 18 heavy (non-hydrogen) atoms. The van der Waals surface area contributed by atoms with Gasteiger partial charge in [-0.1, -0.05) is 15.9 Å². The van der Waals surface area contributed by atoms with Gasteiger partial charge in [0.2, 0.25) is 5.89 Å². The molecule has 0 fully saturated rings. The fraction of sp³-hybridized carbons (Fsp3) is 0.182. The van der Waals surface area contributed by atoms with Gasteiger partial charge in [-0.2, -0.15) is 0 Å². The summed E-state index contributed by atoms with van der Waals surface area (Å²) < 4.78 is 11.9. The fourth-order valence-electron chi connectivity index (χ4n) is 1.27. The Morgan fingerprint density at radius 2 is 2.28 bits per heavy atom. The van der Waals surface area contributed by atoms with Crippen molar-refractivity contribution in [1.82, 2.24) is 10.2 Å². The SMILES string of the molecule is CCOC(=O)c1nnc(-c2cc(Br)ccc2I)o1. The zero-order valence-corrected chi connectivity index (χ0v) is 13.1. The minimum Gasteiger partial charge on any atom is -0.459 e. The minimum atomic E-state index is -0.610. The van der Waals surface area contributed by atoms with Gasteiger partial charge in [0.15, 0.2) is 0 Å². The lowest BCUT2D eigenvalue weighted by molar-refractivity contribution is 0.0481. The Kier molecular flexibility index (Phi) is 4.33. The molecule has 2 rings (SSSR count). The maximum absolute atomic E-state index is 11.4. The predicted molar refractivity (Wildman–Crippen MR) is 76.1 cm³/mol. The summed E-state index contributed by atoms with van der Waals surface area (Å²) >= 11 is 5.53. The van der Waals surface area contributed by atoms with Gasteiger partial charge in [0.1, 0.15) is 0 Å². The molecular weight excluding hydrogens is 415 g/mol. The molecule has 2 aromatic rings. The molecule has 1 heterocycles. The molecule has 0 saturated carbocycles. The van der Waals surface area contributed by atoms with Gasteiger partial charge in [-0.15, -0.1) is 10.2 Å². The molecule has 94 valence electrons. The highest BCUT2D eigenvalue weighted by Crippen LogP contribution is 2.27. The van der Waals surface area contributed by atoms with Crippen LogP contribution in [-0.4, -0.2) is 22.8 Å². The van der Waals surface area contributed by atoms with Crippen LogP contribution in [0.4, 0.5) is 0 Å².